The molecule has 0 aromatic carbocycles. The summed E-state index contributed by atoms with van der Waals surface area (Å²) in [4.78, 5) is 8.87. The molecule has 0 fully saturated rings. The molecule has 1 N–H and O–H groups in total. The molecule has 0 amide bonds. The lowest BCUT2D eigenvalue weighted by atomic mass is 10.1. The summed E-state index contributed by atoms with van der Waals surface area (Å²) in [5, 5.41) is 6.67. The molecule has 2 heterocycles. The van der Waals surface area contributed by atoms with Crippen LogP contribution in [0.1, 0.15) is 22.9 Å². The van der Waals surface area contributed by atoms with Crippen LogP contribution >= 0.6 is 11.3 Å². The zero-order chi connectivity index (χ0) is 13.0. The number of likely N-dealkylation sites (N-methyl/N-ethyl adjacent to an activating group) is 1. The van der Waals surface area contributed by atoms with Crippen LogP contribution in [0.5, 0.6) is 0 Å². The highest BCUT2D eigenvalue weighted by atomic mass is 32.1. The number of hydrogen-bond acceptors (Lipinski definition) is 4. The molecule has 0 aliphatic carbocycles. The summed E-state index contributed by atoms with van der Waals surface area (Å²) in [5.74, 6) is 1.14. The van der Waals surface area contributed by atoms with E-state index in [1.54, 1.807) is 11.3 Å². The maximum atomic E-state index is 4.52. The van der Waals surface area contributed by atoms with E-state index in [0.29, 0.717) is 6.04 Å². The maximum absolute atomic E-state index is 4.52. The minimum Gasteiger partial charge on any atom is -0.338 e. The second-order valence-electron chi connectivity index (χ2n) is 4.54. The van der Waals surface area contributed by atoms with Crippen molar-refractivity contribution in [2.24, 2.45) is 7.05 Å². The Morgan fingerprint density at radius 2 is 2.33 bits per heavy atom. The van der Waals surface area contributed by atoms with E-state index in [9.17, 15) is 0 Å². The number of aryl methyl sites for hydroxylation is 3. The molecular formula is C13H20N4S. The van der Waals surface area contributed by atoms with E-state index < -0.39 is 0 Å². The van der Waals surface area contributed by atoms with Gasteiger partial charge in [0, 0.05) is 43.7 Å². The van der Waals surface area contributed by atoms with Gasteiger partial charge in [0.05, 0.1) is 10.7 Å². The first kappa shape index (κ1) is 13.2. The number of nitrogens with zero attached hydrogens (tertiary/aromatic N) is 3. The predicted molar refractivity (Wildman–Crippen MR) is 74.9 cm³/mol. The summed E-state index contributed by atoms with van der Waals surface area (Å²) in [6.07, 6.45) is 6.92. The van der Waals surface area contributed by atoms with Gasteiger partial charge in [-0.1, -0.05) is 0 Å². The number of aromatic nitrogens is 3. The molecule has 0 saturated carbocycles. The number of rotatable bonds is 6. The lowest BCUT2D eigenvalue weighted by Crippen LogP contribution is -2.28. The van der Waals surface area contributed by atoms with Gasteiger partial charge in [0.15, 0.2) is 0 Å². The zero-order valence-electron chi connectivity index (χ0n) is 11.2. The second kappa shape index (κ2) is 6.11. The maximum Gasteiger partial charge on any atom is 0.108 e. The molecule has 0 aliphatic heterocycles. The summed E-state index contributed by atoms with van der Waals surface area (Å²) in [7, 11) is 4.06. The quantitative estimate of drug-likeness (QED) is 0.867. The average Bonchev–Trinajstić information content (AvgIpc) is 2.94. The molecule has 2 aromatic heterocycles. The van der Waals surface area contributed by atoms with Crippen molar-refractivity contribution < 1.29 is 0 Å². The van der Waals surface area contributed by atoms with Crippen molar-refractivity contribution in [2.45, 2.75) is 32.2 Å². The molecule has 2 rings (SSSR count). The molecule has 1 unspecified atom stereocenters. The fraction of sp³-hybridized carbons (Fsp3) is 0.538. The van der Waals surface area contributed by atoms with Crippen LogP contribution in [-0.4, -0.2) is 27.6 Å². The minimum absolute atomic E-state index is 0.461. The van der Waals surface area contributed by atoms with Crippen LogP contribution in [0, 0.1) is 6.92 Å². The smallest absolute Gasteiger partial charge is 0.108 e. The molecule has 0 radical (unpaired) electrons. The van der Waals surface area contributed by atoms with Gasteiger partial charge in [0.25, 0.3) is 0 Å². The summed E-state index contributed by atoms with van der Waals surface area (Å²) >= 11 is 1.72. The van der Waals surface area contributed by atoms with Gasteiger partial charge < -0.3 is 9.88 Å². The SMILES string of the molecule is CNC(CCc1nccn1C)Cc1csc(C)n1. The van der Waals surface area contributed by atoms with E-state index in [0.717, 1.165) is 30.1 Å². The molecule has 2 aromatic rings. The fourth-order valence-corrected chi connectivity index (χ4v) is 2.67. The van der Waals surface area contributed by atoms with Crippen molar-refractivity contribution in [3.63, 3.8) is 0 Å². The first-order valence-electron chi connectivity index (χ1n) is 6.23. The zero-order valence-corrected chi connectivity index (χ0v) is 12.0. The highest BCUT2D eigenvalue weighted by Gasteiger charge is 2.11. The largest absolute Gasteiger partial charge is 0.338 e. The monoisotopic (exact) mass is 264 g/mol. The third-order valence-corrected chi connectivity index (χ3v) is 3.99. The van der Waals surface area contributed by atoms with E-state index >= 15 is 0 Å². The first-order chi connectivity index (χ1) is 8.69. The highest BCUT2D eigenvalue weighted by Crippen LogP contribution is 2.12. The Hall–Kier alpha value is -1.20. The number of imidazole rings is 1. The van der Waals surface area contributed by atoms with Crippen LogP contribution in [0.2, 0.25) is 0 Å². The molecule has 0 bridgehead atoms. The highest BCUT2D eigenvalue weighted by molar-refractivity contribution is 7.09. The van der Waals surface area contributed by atoms with Crippen molar-refractivity contribution in [1.29, 1.82) is 0 Å². The minimum atomic E-state index is 0.461. The summed E-state index contributed by atoms with van der Waals surface area (Å²) in [5.41, 5.74) is 1.19. The number of nitrogens with one attached hydrogen (secondary N) is 1. The van der Waals surface area contributed by atoms with Gasteiger partial charge in [-0.25, -0.2) is 9.97 Å². The molecule has 1 atom stereocenters. The fourth-order valence-electron chi connectivity index (χ4n) is 2.04. The number of hydrogen-bond donors (Lipinski definition) is 1. The Kier molecular flexibility index (Phi) is 4.49. The van der Waals surface area contributed by atoms with E-state index in [-0.39, 0.29) is 0 Å². The Bertz CT molecular complexity index is 489. The van der Waals surface area contributed by atoms with Crippen molar-refractivity contribution in [2.75, 3.05) is 7.05 Å². The predicted octanol–water partition coefficient (Wildman–Crippen LogP) is 1.95. The molecule has 0 aliphatic rings. The first-order valence-corrected chi connectivity index (χ1v) is 7.11. The van der Waals surface area contributed by atoms with Crippen LogP contribution in [0.3, 0.4) is 0 Å². The molecule has 98 valence electrons. The van der Waals surface area contributed by atoms with Crippen LogP contribution < -0.4 is 5.32 Å². The standard InChI is InChI=1S/C13H20N4S/c1-10-16-12(9-18-10)8-11(14-2)4-5-13-15-6-7-17(13)3/h6-7,9,11,14H,4-5,8H2,1-3H3. The van der Waals surface area contributed by atoms with Crippen LogP contribution in [-0.2, 0) is 19.9 Å². The van der Waals surface area contributed by atoms with Gasteiger partial charge in [0.2, 0.25) is 0 Å². The van der Waals surface area contributed by atoms with Gasteiger partial charge in [-0.3, -0.25) is 0 Å². The van der Waals surface area contributed by atoms with E-state index in [4.69, 9.17) is 0 Å². The van der Waals surface area contributed by atoms with Gasteiger partial charge >= 0.3 is 0 Å². The summed E-state index contributed by atoms with van der Waals surface area (Å²) in [6, 6.07) is 0.461. The molecule has 0 saturated heterocycles. The van der Waals surface area contributed by atoms with Crippen molar-refractivity contribution >= 4 is 11.3 Å². The van der Waals surface area contributed by atoms with Crippen LogP contribution in [0.15, 0.2) is 17.8 Å². The van der Waals surface area contributed by atoms with E-state index in [1.165, 1.54) is 5.69 Å². The van der Waals surface area contributed by atoms with Crippen molar-refractivity contribution in [3.05, 3.63) is 34.3 Å². The van der Waals surface area contributed by atoms with Crippen molar-refractivity contribution in [3.8, 4) is 0 Å². The van der Waals surface area contributed by atoms with Gasteiger partial charge in [0.1, 0.15) is 5.82 Å². The number of thiazole rings is 1. The second-order valence-corrected chi connectivity index (χ2v) is 5.60. The Morgan fingerprint density at radius 3 is 2.89 bits per heavy atom. The summed E-state index contributed by atoms with van der Waals surface area (Å²) in [6.45, 7) is 2.05. The lowest BCUT2D eigenvalue weighted by Gasteiger charge is -2.14. The third kappa shape index (κ3) is 3.40. The molecule has 18 heavy (non-hydrogen) atoms. The normalized spacial score (nSPS) is 12.8. The van der Waals surface area contributed by atoms with Gasteiger partial charge in [-0.05, 0) is 20.4 Å². The Labute approximate surface area is 112 Å². The third-order valence-electron chi connectivity index (χ3n) is 3.17. The molecule has 0 spiro atoms. The summed E-state index contributed by atoms with van der Waals surface area (Å²) < 4.78 is 2.08. The molecular weight excluding hydrogens is 244 g/mol. The van der Waals surface area contributed by atoms with Crippen molar-refractivity contribution in [1.82, 2.24) is 19.9 Å². The van der Waals surface area contributed by atoms with E-state index in [2.05, 4.69) is 32.2 Å². The lowest BCUT2D eigenvalue weighted by molar-refractivity contribution is 0.506. The van der Waals surface area contributed by atoms with Crippen LogP contribution in [0.25, 0.3) is 0 Å². The molecule has 5 heteroatoms. The Morgan fingerprint density at radius 1 is 1.50 bits per heavy atom. The Balaban J connectivity index is 1.88. The van der Waals surface area contributed by atoms with Crippen LogP contribution in [0.4, 0.5) is 0 Å². The average molecular weight is 264 g/mol. The molecule has 4 nitrogen and oxygen atoms in total. The topological polar surface area (TPSA) is 42.7 Å². The van der Waals surface area contributed by atoms with Gasteiger partial charge in [-0.15, -0.1) is 11.3 Å². The van der Waals surface area contributed by atoms with E-state index in [1.807, 2.05) is 26.5 Å². The van der Waals surface area contributed by atoms with Gasteiger partial charge in [-0.2, -0.15) is 0 Å².